The van der Waals surface area contributed by atoms with Gasteiger partial charge in [0.25, 0.3) is 0 Å². The number of fused-ring (bicyclic) bond motifs is 1. The lowest BCUT2D eigenvalue weighted by Gasteiger charge is -2.23. The van der Waals surface area contributed by atoms with E-state index in [1.165, 1.54) is 0 Å². The van der Waals surface area contributed by atoms with Crippen molar-refractivity contribution < 1.29 is 9.53 Å². The molecule has 0 saturated heterocycles. The van der Waals surface area contributed by atoms with Crippen molar-refractivity contribution in [2.75, 3.05) is 13.4 Å². The normalized spacial score (nSPS) is 19.9. The molecule has 0 bridgehead atoms. The average Bonchev–Trinajstić information content (AvgIpc) is 2.29. The second-order valence-electron chi connectivity index (χ2n) is 3.61. The largest absolute Gasteiger partial charge is 0.496 e. The van der Waals surface area contributed by atoms with E-state index in [0.717, 1.165) is 29.7 Å². The Balaban J connectivity index is 2.45. The lowest BCUT2D eigenvalue weighted by atomic mass is 9.89. The first kappa shape index (κ1) is 10.6. The second kappa shape index (κ2) is 4.27. The predicted octanol–water partition coefficient (Wildman–Crippen LogP) is 2.56. The number of carbonyl (C=O) groups excluding carboxylic acids is 1. The summed E-state index contributed by atoms with van der Waals surface area (Å²) in [5.74, 6) is 1.10. The number of ketones is 1. The van der Waals surface area contributed by atoms with E-state index in [9.17, 15) is 4.79 Å². The van der Waals surface area contributed by atoms with Gasteiger partial charge in [0.15, 0.2) is 5.78 Å². The van der Waals surface area contributed by atoms with Gasteiger partial charge in [-0.2, -0.15) is 11.8 Å². The molecule has 0 heterocycles. The first-order valence-electron chi connectivity index (χ1n) is 5.00. The fourth-order valence-electron chi connectivity index (χ4n) is 2.05. The molecule has 1 atom stereocenters. The van der Waals surface area contributed by atoms with Gasteiger partial charge in [-0.1, -0.05) is 12.1 Å². The summed E-state index contributed by atoms with van der Waals surface area (Å²) in [5, 5.41) is 0.129. The van der Waals surface area contributed by atoms with Crippen LogP contribution in [0, 0.1) is 0 Å². The molecular weight excluding hydrogens is 208 g/mol. The van der Waals surface area contributed by atoms with Crippen LogP contribution in [0.4, 0.5) is 0 Å². The number of Topliss-reactive ketones (excluding diaryl/α,β-unsaturated/α-hetero) is 1. The van der Waals surface area contributed by atoms with Gasteiger partial charge >= 0.3 is 0 Å². The number of thioether (sulfide) groups is 1. The molecule has 1 unspecified atom stereocenters. The van der Waals surface area contributed by atoms with Crippen molar-refractivity contribution in [3.63, 3.8) is 0 Å². The Kier molecular flexibility index (Phi) is 3.00. The summed E-state index contributed by atoms with van der Waals surface area (Å²) in [7, 11) is 1.65. The minimum Gasteiger partial charge on any atom is -0.496 e. The smallest absolute Gasteiger partial charge is 0.176 e. The van der Waals surface area contributed by atoms with Crippen LogP contribution in [0.25, 0.3) is 0 Å². The van der Waals surface area contributed by atoms with Crippen molar-refractivity contribution in [1.29, 1.82) is 0 Å². The van der Waals surface area contributed by atoms with Gasteiger partial charge in [-0.05, 0) is 25.2 Å². The van der Waals surface area contributed by atoms with E-state index in [1.54, 1.807) is 18.9 Å². The van der Waals surface area contributed by atoms with E-state index < -0.39 is 0 Å². The highest BCUT2D eigenvalue weighted by atomic mass is 32.2. The van der Waals surface area contributed by atoms with Crippen LogP contribution in [0.1, 0.15) is 22.3 Å². The summed E-state index contributed by atoms with van der Waals surface area (Å²) >= 11 is 1.64. The predicted molar refractivity (Wildman–Crippen MR) is 62.9 cm³/mol. The molecule has 0 amide bonds. The Hall–Kier alpha value is -0.960. The van der Waals surface area contributed by atoms with Crippen LogP contribution in [0.5, 0.6) is 5.75 Å². The van der Waals surface area contributed by atoms with E-state index in [4.69, 9.17) is 4.74 Å². The molecule has 1 aromatic carbocycles. The van der Waals surface area contributed by atoms with Crippen LogP contribution in [0.15, 0.2) is 18.2 Å². The van der Waals surface area contributed by atoms with Gasteiger partial charge < -0.3 is 4.74 Å². The summed E-state index contributed by atoms with van der Waals surface area (Å²) in [6, 6.07) is 5.71. The minimum atomic E-state index is 0.129. The van der Waals surface area contributed by atoms with E-state index in [2.05, 4.69) is 0 Å². The van der Waals surface area contributed by atoms with Crippen molar-refractivity contribution in [2.45, 2.75) is 18.1 Å². The molecule has 0 aromatic heterocycles. The molecule has 0 N–H and O–H groups in total. The third kappa shape index (κ3) is 1.76. The Morgan fingerprint density at radius 1 is 1.47 bits per heavy atom. The Morgan fingerprint density at radius 3 is 2.93 bits per heavy atom. The van der Waals surface area contributed by atoms with Gasteiger partial charge in [0.2, 0.25) is 0 Å². The van der Waals surface area contributed by atoms with Gasteiger partial charge in [-0.15, -0.1) is 0 Å². The van der Waals surface area contributed by atoms with Crippen LogP contribution < -0.4 is 4.74 Å². The monoisotopic (exact) mass is 222 g/mol. The standard InChI is InChI=1S/C12H14O2S/c1-14-10-5-3-4-9-8(10)6-7-11(15-2)12(9)13/h3-5,11H,6-7H2,1-2H3. The van der Waals surface area contributed by atoms with Gasteiger partial charge in [-0.3, -0.25) is 4.79 Å². The molecular formula is C12H14O2S. The molecule has 2 nitrogen and oxygen atoms in total. The van der Waals surface area contributed by atoms with Crippen LogP contribution in [0.2, 0.25) is 0 Å². The molecule has 80 valence electrons. The zero-order valence-electron chi connectivity index (χ0n) is 8.95. The number of methoxy groups -OCH3 is 1. The molecule has 2 rings (SSSR count). The number of benzene rings is 1. The molecule has 0 aliphatic heterocycles. The maximum atomic E-state index is 12.0. The van der Waals surface area contributed by atoms with Crippen LogP contribution in [-0.2, 0) is 6.42 Å². The highest BCUT2D eigenvalue weighted by Crippen LogP contribution is 2.32. The molecule has 0 saturated carbocycles. The van der Waals surface area contributed by atoms with Crippen molar-refractivity contribution in [3.8, 4) is 5.75 Å². The zero-order valence-corrected chi connectivity index (χ0v) is 9.76. The molecule has 0 fully saturated rings. The van der Waals surface area contributed by atoms with Crippen LogP contribution >= 0.6 is 11.8 Å². The molecule has 0 radical (unpaired) electrons. The third-order valence-corrected chi connectivity index (χ3v) is 3.87. The maximum absolute atomic E-state index is 12.0. The topological polar surface area (TPSA) is 26.3 Å². The van der Waals surface area contributed by atoms with Crippen LogP contribution in [0.3, 0.4) is 0 Å². The molecule has 1 aromatic rings. The number of hydrogen-bond donors (Lipinski definition) is 0. The number of hydrogen-bond acceptors (Lipinski definition) is 3. The highest BCUT2D eigenvalue weighted by Gasteiger charge is 2.28. The summed E-state index contributed by atoms with van der Waals surface area (Å²) in [6.07, 6.45) is 3.86. The Bertz CT molecular complexity index is 387. The fourth-order valence-corrected chi connectivity index (χ4v) is 2.75. The highest BCUT2D eigenvalue weighted by molar-refractivity contribution is 7.99. The van der Waals surface area contributed by atoms with Crippen molar-refractivity contribution in [1.82, 2.24) is 0 Å². The summed E-state index contributed by atoms with van der Waals surface area (Å²) in [4.78, 5) is 12.0. The van der Waals surface area contributed by atoms with Crippen molar-refractivity contribution >= 4 is 17.5 Å². The van der Waals surface area contributed by atoms with Crippen LogP contribution in [-0.4, -0.2) is 24.4 Å². The van der Waals surface area contributed by atoms with Gasteiger partial charge in [0, 0.05) is 11.1 Å². The fraction of sp³-hybridized carbons (Fsp3) is 0.417. The first-order chi connectivity index (χ1) is 7.27. The molecule has 15 heavy (non-hydrogen) atoms. The van der Waals surface area contributed by atoms with Gasteiger partial charge in [0.1, 0.15) is 5.75 Å². The Labute approximate surface area is 94.0 Å². The van der Waals surface area contributed by atoms with Crippen molar-refractivity contribution in [3.05, 3.63) is 29.3 Å². The summed E-state index contributed by atoms with van der Waals surface area (Å²) in [5.41, 5.74) is 1.93. The quantitative estimate of drug-likeness (QED) is 0.769. The van der Waals surface area contributed by atoms with Gasteiger partial charge in [0.05, 0.1) is 12.4 Å². The molecule has 3 heteroatoms. The van der Waals surface area contributed by atoms with E-state index in [-0.39, 0.29) is 11.0 Å². The first-order valence-corrected chi connectivity index (χ1v) is 6.29. The third-order valence-electron chi connectivity index (χ3n) is 2.85. The number of carbonyl (C=O) groups is 1. The van der Waals surface area contributed by atoms with E-state index >= 15 is 0 Å². The average molecular weight is 222 g/mol. The maximum Gasteiger partial charge on any atom is 0.176 e. The van der Waals surface area contributed by atoms with Gasteiger partial charge in [-0.25, -0.2) is 0 Å². The van der Waals surface area contributed by atoms with E-state index in [0.29, 0.717) is 0 Å². The summed E-state index contributed by atoms with van der Waals surface area (Å²) < 4.78 is 5.27. The van der Waals surface area contributed by atoms with Crippen molar-refractivity contribution in [2.24, 2.45) is 0 Å². The Morgan fingerprint density at radius 2 is 2.27 bits per heavy atom. The lowest BCUT2D eigenvalue weighted by molar-refractivity contribution is 0.0979. The lowest BCUT2D eigenvalue weighted by Crippen LogP contribution is -2.24. The zero-order chi connectivity index (χ0) is 10.8. The molecule has 1 aliphatic carbocycles. The SMILES string of the molecule is COc1cccc2c1CCC(SC)C2=O. The minimum absolute atomic E-state index is 0.129. The second-order valence-corrected chi connectivity index (χ2v) is 4.65. The number of rotatable bonds is 2. The molecule has 0 spiro atoms. The summed E-state index contributed by atoms with van der Waals surface area (Å²) in [6.45, 7) is 0. The molecule has 1 aliphatic rings. The number of ether oxygens (including phenoxy) is 1. The van der Waals surface area contributed by atoms with E-state index in [1.807, 2.05) is 24.5 Å².